The molecule has 0 radical (unpaired) electrons. The van der Waals surface area contributed by atoms with Crippen molar-refractivity contribution in [3.63, 3.8) is 0 Å². The molecule has 0 saturated carbocycles. The zero-order valence-electron chi connectivity index (χ0n) is 10.6. The second-order valence-corrected chi connectivity index (χ2v) is 4.91. The van der Waals surface area contributed by atoms with Crippen LogP contribution < -0.4 is 0 Å². The summed E-state index contributed by atoms with van der Waals surface area (Å²) in [6.07, 6.45) is 4.94. The average Bonchev–Trinajstić information content (AvgIpc) is 2.26. The van der Waals surface area contributed by atoms with Crippen LogP contribution >= 0.6 is 0 Å². The van der Waals surface area contributed by atoms with Crippen LogP contribution in [0.5, 0.6) is 0 Å². The van der Waals surface area contributed by atoms with Crippen molar-refractivity contribution in [1.29, 1.82) is 0 Å². The largest absolute Gasteiger partial charge is 0.480 e. The number of carbonyl (C=O) groups is 1. The Morgan fingerprint density at radius 3 is 2.81 bits per heavy atom. The van der Waals surface area contributed by atoms with Gasteiger partial charge in [-0.15, -0.1) is 0 Å². The van der Waals surface area contributed by atoms with E-state index in [0.717, 1.165) is 13.0 Å². The normalized spacial score (nSPS) is 24.6. The van der Waals surface area contributed by atoms with Gasteiger partial charge < -0.3 is 10.0 Å². The molecule has 2 unspecified atom stereocenters. The molecule has 0 aromatic rings. The van der Waals surface area contributed by atoms with Crippen molar-refractivity contribution in [2.24, 2.45) is 0 Å². The molecule has 1 rings (SSSR count). The number of carboxylic acid groups (broad SMARTS) is 1. The van der Waals surface area contributed by atoms with Crippen molar-refractivity contribution in [3.8, 4) is 0 Å². The zero-order chi connectivity index (χ0) is 12.1. The molecule has 4 heteroatoms. The molecule has 1 fully saturated rings. The predicted molar refractivity (Wildman–Crippen MR) is 64.6 cm³/mol. The third-order valence-corrected chi connectivity index (χ3v) is 3.76. The van der Waals surface area contributed by atoms with E-state index < -0.39 is 5.97 Å². The van der Waals surface area contributed by atoms with E-state index >= 15 is 0 Å². The second-order valence-electron chi connectivity index (χ2n) is 4.91. The Kier molecular flexibility index (Phi) is 5.22. The quantitative estimate of drug-likeness (QED) is 0.769. The maximum absolute atomic E-state index is 10.8. The van der Waals surface area contributed by atoms with E-state index in [4.69, 9.17) is 5.11 Å². The van der Waals surface area contributed by atoms with Gasteiger partial charge in [-0.05, 0) is 46.8 Å². The second kappa shape index (κ2) is 6.21. The lowest BCUT2D eigenvalue weighted by atomic mass is 10.00. The van der Waals surface area contributed by atoms with E-state index in [9.17, 15) is 4.79 Å². The average molecular weight is 228 g/mol. The van der Waals surface area contributed by atoms with Crippen LogP contribution in [0.15, 0.2) is 0 Å². The number of hydrogen-bond donors (Lipinski definition) is 1. The van der Waals surface area contributed by atoms with Crippen molar-refractivity contribution < 1.29 is 9.90 Å². The van der Waals surface area contributed by atoms with Gasteiger partial charge in [0.1, 0.15) is 6.04 Å². The highest BCUT2D eigenvalue weighted by Gasteiger charge is 2.21. The highest BCUT2D eigenvalue weighted by atomic mass is 16.4. The molecule has 1 heterocycles. The van der Waals surface area contributed by atoms with Crippen LogP contribution in [0, 0.1) is 0 Å². The molecule has 1 saturated heterocycles. The Labute approximate surface area is 98.2 Å². The van der Waals surface area contributed by atoms with Gasteiger partial charge in [-0.3, -0.25) is 9.69 Å². The fraction of sp³-hybridized carbons (Fsp3) is 0.917. The molecule has 4 nitrogen and oxygen atoms in total. The summed E-state index contributed by atoms with van der Waals surface area (Å²) in [7, 11) is 4.06. The first-order chi connectivity index (χ1) is 7.52. The van der Waals surface area contributed by atoms with Crippen LogP contribution in [0.4, 0.5) is 0 Å². The van der Waals surface area contributed by atoms with E-state index in [-0.39, 0.29) is 6.04 Å². The van der Waals surface area contributed by atoms with Crippen molar-refractivity contribution >= 4 is 5.97 Å². The molecular formula is C12H24N2O2. The Hall–Kier alpha value is -0.610. The van der Waals surface area contributed by atoms with Crippen LogP contribution in [0.25, 0.3) is 0 Å². The van der Waals surface area contributed by atoms with Gasteiger partial charge in [-0.2, -0.15) is 0 Å². The van der Waals surface area contributed by atoms with E-state index in [1.54, 1.807) is 6.92 Å². The molecular weight excluding hydrogens is 204 g/mol. The lowest BCUT2D eigenvalue weighted by Gasteiger charge is -2.34. The first-order valence-corrected chi connectivity index (χ1v) is 6.15. The summed E-state index contributed by atoms with van der Waals surface area (Å²) in [5.41, 5.74) is 0. The fourth-order valence-electron chi connectivity index (χ4n) is 2.24. The Morgan fingerprint density at radius 2 is 2.25 bits per heavy atom. The summed E-state index contributed by atoms with van der Waals surface area (Å²) in [6.45, 7) is 3.79. The molecule has 1 aliphatic rings. The molecule has 0 aromatic carbocycles. The minimum atomic E-state index is -0.737. The van der Waals surface area contributed by atoms with E-state index in [1.807, 2.05) is 11.9 Å². The van der Waals surface area contributed by atoms with Crippen LogP contribution in [0.2, 0.25) is 0 Å². The Bertz CT molecular complexity index is 233. The maximum atomic E-state index is 10.8. The van der Waals surface area contributed by atoms with Crippen molar-refractivity contribution in [3.05, 3.63) is 0 Å². The van der Waals surface area contributed by atoms with Gasteiger partial charge in [0.2, 0.25) is 0 Å². The van der Waals surface area contributed by atoms with E-state index in [0.29, 0.717) is 6.04 Å². The highest BCUT2D eigenvalue weighted by Crippen LogP contribution is 2.18. The summed E-state index contributed by atoms with van der Waals surface area (Å²) >= 11 is 0. The molecule has 0 aliphatic carbocycles. The Balaban J connectivity index is 2.30. The lowest BCUT2D eigenvalue weighted by Crippen LogP contribution is -2.41. The maximum Gasteiger partial charge on any atom is 0.320 e. The fourth-order valence-corrected chi connectivity index (χ4v) is 2.24. The molecule has 94 valence electrons. The van der Waals surface area contributed by atoms with Gasteiger partial charge in [-0.1, -0.05) is 6.42 Å². The molecule has 0 bridgehead atoms. The topological polar surface area (TPSA) is 43.8 Å². The van der Waals surface area contributed by atoms with Crippen LogP contribution in [-0.4, -0.2) is 60.1 Å². The molecule has 1 aliphatic heterocycles. The number of likely N-dealkylation sites (tertiary alicyclic amines) is 1. The van der Waals surface area contributed by atoms with Gasteiger partial charge in [0.25, 0.3) is 0 Å². The van der Waals surface area contributed by atoms with Gasteiger partial charge in [0.05, 0.1) is 0 Å². The first kappa shape index (κ1) is 13.5. The number of likely N-dealkylation sites (N-methyl/N-ethyl adjacent to an activating group) is 1. The SMILES string of the molecule is CC(C(=O)O)N(C)CCC1CCCCN1C. The minimum Gasteiger partial charge on any atom is -0.480 e. The molecule has 1 N–H and O–H groups in total. The number of nitrogens with zero attached hydrogens (tertiary/aromatic N) is 2. The number of rotatable bonds is 5. The van der Waals surface area contributed by atoms with Crippen molar-refractivity contribution in [1.82, 2.24) is 9.80 Å². The summed E-state index contributed by atoms with van der Waals surface area (Å²) < 4.78 is 0. The van der Waals surface area contributed by atoms with Crippen LogP contribution in [0.3, 0.4) is 0 Å². The number of aliphatic carboxylic acids is 1. The molecule has 2 atom stereocenters. The van der Waals surface area contributed by atoms with E-state index in [2.05, 4.69) is 11.9 Å². The standard InChI is InChI=1S/C12H24N2O2/c1-10(12(15)16)13(2)9-7-11-6-4-5-8-14(11)3/h10-11H,4-9H2,1-3H3,(H,15,16). The number of piperidine rings is 1. The van der Waals surface area contributed by atoms with Gasteiger partial charge >= 0.3 is 5.97 Å². The van der Waals surface area contributed by atoms with Crippen molar-refractivity contribution in [2.45, 2.75) is 44.7 Å². The van der Waals surface area contributed by atoms with Crippen LogP contribution in [0.1, 0.15) is 32.6 Å². The third kappa shape index (κ3) is 3.76. The summed E-state index contributed by atoms with van der Waals surface area (Å²) in [5.74, 6) is -0.737. The number of carboxylic acids is 1. The predicted octanol–water partition coefficient (Wildman–Crippen LogP) is 1.27. The lowest BCUT2D eigenvalue weighted by molar-refractivity contribution is -0.142. The molecule has 0 aromatic heterocycles. The van der Waals surface area contributed by atoms with Crippen LogP contribution in [-0.2, 0) is 4.79 Å². The smallest absolute Gasteiger partial charge is 0.320 e. The van der Waals surface area contributed by atoms with Gasteiger partial charge in [-0.25, -0.2) is 0 Å². The molecule has 0 amide bonds. The van der Waals surface area contributed by atoms with Gasteiger partial charge in [0.15, 0.2) is 0 Å². The number of hydrogen-bond acceptors (Lipinski definition) is 3. The molecule has 16 heavy (non-hydrogen) atoms. The third-order valence-electron chi connectivity index (χ3n) is 3.76. The summed E-state index contributed by atoms with van der Waals surface area (Å²) in [4.78, 5) is 15.1. The Morgan fingerprint density at radius 1 is 1.56 bits per heavy atom. The van der Waals surface area contributed by atoms with Gasteiger partial charge in [0, 0.05) is 12.6 Å². The first-order valence-electron chi connectivity index (χ1n) is 6.15. The van der Waals surface area contributed by atoms with Crippen molar-refractivity contribution in [2.75, 3.05) is 27.2 Å². The monoisotopic (exact) mass is 228 g/mol. The van der Waals surface area contributed by atoms with E-state index in [1.165, 1.54) is 25.8 Å². The summed E-state index contributed by atoms with van der Waals surface area (Å²) in [5, 5.41) is 8.89. The minimum absolute atomic E-state index is 0.381. The molecule has 0 spiro atoms. The zero-order valence-corrected chi connectivity index (χ0v) is 10.6. The highest BCUT2D eigenvalue weighted by molar-refractivity contribution is 5.72. The summed E-state index contributed by atoms with van der Waals surface area (Å²) in [6, 6.07) is 0.256.